The summed E-state index contributed by atoms with van der Waals surface area (Å²) in [5.41, 5.74) is 0.605. The molecule has 3 N–H and O–H groups in total. The van der Waals surface area contributed by atoms with Crippen LogP contribution in [0.25, 0.3) is 0 Å². The highest BCUT2D eigenvalue weighted by molar-refractivity contribution is 9.10. The number of carbonyl (C=O) groups is 2. The first-order valence-corrected chi connectivity index (χ1v) is 8.24. The second-order valence-corrected chi connectivity index (χ2v) is 6.27. The van der Waals surface area contributed by atoms with Crippen LogP contribution in [0.5, 0.6) is 0 Å². The molecule has 1 aromatic rings. The van der Waals surface area contributed by atoms with E-state index in [2.05, 4.69) is 31.9 Å². The van der Waals surface area contributed by atoms with Gasteiger partial charge < -0.3 is 10.6 Å². The zero-order valence-corrected chi connectivity index (χ0v) is 13.2. The molecule has 1 aromatic carbocycles. The summed E-state index contributed by atoms with van der Waals surface area (Å²) in [4.78, 5) is 23.5. The van der Waals surface area contributed by atoms with E-state index in [4.69, 9.17) is 0 Å². The van der Waals surface area contributed by atoms with Gasteiger partial charge in [0, 0.05) is 34.8 Å². The molecule has 1 fully saturated rings. The maximum Gasteiger partial charge on any atom is 0.251 e. The van der Waals surface area contributed by atoms with Crippen molar-refractivity contribution in [1.82, 2.24) is 16.0 Å². The topological polar surface area (TPSA) is 70.2 Å². The van der Waals surface area contributed by atoms with Crippen molar-refractivity contribution < 1.29 is 9.59 Å². The molecule has 1 heterocycles. The summed E-state index contributed by atoms with van der Waals surface area (Å²) in [5, 5.41) is 8.67. The molecule has 2 rings (SSSR count). The fourth-order valence-corrected chi connectivity index (χ4v) is 2.96. The van der Waals surface area contributed by atoms with Crippen LogP contribution in [0.4, 0.5) is 0 Å². The number of carbonyl (C=O) groups excluding carboxylic acids is 2. The van der Waals surface area contributed by atoms with Gasteiger partial charge in [-0.05, 0) is 24.3 Å². The van der Waals surface area contributed by atoms with Gasteiger partial charge in [-0.2, -0.15) is 0 Å². The summed E-state index contributed by atoms with van der Waals surface area (Å²) in [6.45, 7) is 0.852. The van der Waals surface area contributed by atoms with Crippen LogP contribution in [0, 0.1) is 0 Å². The predicted octanol–water partition coefficient (Wildman–Crippen LogP) is 0.958. The molecule has 108 valence electrons. The highest BCUT2D eigenvalue weighted by Crippen LogP contribution is 2.10. The van der Waals surface area contributed by atoms with Gasteiger partial charge >= 0.3 is 0 Å². The summed E-state index contributed by atoms with van der Waals surface area (Å²) in [6.07, 6.45) is 0. The number of hydrogen-bond acceptors (Lipinski definition) is 4. The van der Waals surface area contributed by atoms with E-state index in [0.29, 0.717) is 18.7 Å². The van der Waals surface area contributed by atoms with Gasteiger partial charge in [-0.15, -0.1) is 11.8 Å². The third-order valence-corrected chi connectivity index (χ3v) is 4.32. The van der Waals surface area contributed by atoms with E-state index in [1.54, 1.807) is 23.9 Å². The lowest BCUT2D eigenvalue weighted by molar-refractivity contribution is -0.122. The zero-order valence-electron chi connectivity index (χ0n) is 10.8. The second-order valence-electron chi connectivity index (χ2n) is 4.33. The molecular formula is C13H16BrN3O2S. The van der Waals surface area contributed by atoms with Crippen molar-refractivity contribution >= 4 is 39.5 Å². The van der Waals surface area contributed by atoms with E-state index in [1.807, 2.05) is 12.1 Å². The quantitative estimate of drug-likeness (QED) is 0.686. The van der Waals surface area contributed by atoms with E-state index in [9.17, 15) is 9.59 Å². The number of thioether (sulfide) groups is 1. The Morgan fingerprint density at radius 2 is 1.95 bits per heavy atom. The van der Waals surface area contributed by atoms with E-state index in [-0.39, 0.29) is 17.9 Å². The smallest absolute Gasteiger partial charge is 0.251 e. The van der Waals surface area contributed by atoms with Crippen molar-refractivity contribution in [2.75, 3.05) is 24.7 Å². The van der Waals surface area contributed by atoms with Crippen LogP contribution >= 0.6 is 27.7 Å². The molecule has 7 heteroatoms. The molecule has 1 saturated heterocycles. The van der Waals surface area contributed by atoms with E-state index < -0.39 is 0 Å². The summed E-state index contributed by atoms with van der Waals surface area (Å²) in [5.74, 6) is 1.48. The Morgan fingerprint density at radius 3 is 2.60 bits per heavy atom. The monoisotopic (exact) mass is 357 g/mol. The minimum Gasteiger partial charge on any atom is -0.353 e. The average molecular weight is 358 g/mol. The van der Waals surface area contributed by atoms with Crippen LogP contribution in [0.3, 0.4) is 0 Å². The molecule has 5 nitrogen and oxygen atoms in total. The number of halogens is 1. The Balaban J connectivity index is 1.66. The highest BCUT2D eigenvalue weighted by Gasteiger charge is 2.21. The molecule has 0 bridgehead atoms. The van der Waals surface area contributed by atoms with Crippen molar-refractivity contribution in [2.45, 2.75) is 6.04 Å². The normalized spacial score (nSPS) is 17.8. The molecule has 2 amide bonds. The van der Waals surface area contributed by atoms with E-state index in [1.165, 1.54) is 0 Å². The zero-order chi connectivity index (χ0) is 14.4. The first kappa shape index (κ1) is 15.3. The lowest BCUT2D eigenvalue weighted by Crippen LogP contribution is -2.44. The van der Waals surface area contributed by atoms with Crippen molar-refractivity contribution in [3.8, 4) is 0 Å². The van der Waals surface area contributed by atoms with Crippen LogP contribution in [0.1, 0.15) is 10.4 Å². The van der Waals surface area contributed by atoms with Crippen molar-refractivity contribution in [1.29, 1.82) is 0 Å². The van der Waals surface area contributed by atoms with Crippen LogP contribution in [-0.2, 0) is 4.79 Å². The minimum absolute atomic E-state index is 0.00658. The lowest BCUT2D eigenvalue weighted by atomic mass is 10.2. The first-order chi connectivity index (χ1) is 9.66. The van der Waals surface area contributed by atoms with Crippen molar-refractivity contribution in [2.24, 2.45) is 0 Å². The molecule has 0 aromatic heterocycles. The van der Waals surface area contributed by atoms with Gasteiger partial charge in [-0.1, -0.05) is 15.9 Å². The van der Waals surface area contributed by atoms with Crippen molar-refractivity contribution in [3.63, 3.8) is 0 Å². The molecule has 1 aliphatic rings. The van der Waals surface area contributed by atoms with Crippen LogP contribution in [0.2, 0.25) is 0 Å². The summed E-state index contributed by atoms with van der Waals surface area (Å²) >= 11 is 5.03. The third kappa shape index (κ3) is 4.50. The standard InChI is InChI=1S/C13H16BrN3O2S/c14-10-3-1-9(2-4-10)12(18)15-5-6-16-13(19)11-7-20-8-17-11/h1-4,11,17H,5-8H2,(H,15,18)(H,16,19). The van der Waals surface area contributed by atoms with Gasteiger partial charge in [0.05, 0.1) is 6.04 Å². The van der Waals surface area contributed by atoms with Crippen molar-refractivity contribution in [3.05, 3.63) is 34.3 Å². The maximum atomic E-state index is 11.8. The Labute approximate surface area is 130 Å². The molecule has 1 aliphatic heterocycles. The Hall–Kier alpha value is -1.05. The fourth-order valence-electron chi connectivity index (χ4n) is 1.75. The average Bonchev–Trinajstić information content (AvgIpc) is 2.98. The number of amides is 2. The second kappa shape index (κ2) is 7.66. The predicted molar refractivity (Wildman–Crippen MR) is 83.7 cm³/mol. The van der Waals surface area contributed by atoms with E-state index in [0.717, 1.165) is 16.1 Å². The van der Waals surface area contributed by atoms with Gasteiger partial charge in [0.25, 0.3) is 5.91 Å². The molecule has 0 radical (unpaired) electrons. The van der Waals surface area contributed by atoms with Crippen LogP contribution < -0.4 is 16.0 Å². The number of nitrogens with one attached hydrogen (secondary N) is 3. The van der Waals surface area contributed by atoms with Gasteiger partial charge in [0.2, 0.25) is 5.91 Å². The van der Waals surface area contributed by atoms with Gasteiger partial charge in [-0.3, -0.25) is 14.9 Å². The van der Waals surface area contributed by atoms with Gasteiger partial charge in [0.1, 0.15) is 0 Å². The molecule has 1 atom stereocenters. The molecular weight excluding hydrogens is 342 g/mol. The highest BCUT2D eigenvalue weighted by atomic mass is 79.9. The minimum atomic E-state index is -0.138. The summed E-state index contributed by atoms with van der Waals surface area (Å²) in [6, 6.07) is 7.03. The molecule has 1 unspecified atom stereocenters. The van der Waals surface area contributed by atoms with Crippen LogP contribution in [-0.4, -0.2) is 42.6 Å². The summed E-state index contributed by atoms with van der Waals surface area (Å²) < 4.78 is 0.934. The Morgan fingerprint density at radius 1 is 1.25 bits per heavy atom. The molecule has 0 saturated carbocycles. The lowest BCUT2D eigenvalue weighted by Gasteiger charge is -2.11. The van der Waals surface area contributed by atoms with Crippen LogP contribution in [0.15, 0.2) is 28.7 Å². The third-order valence-electron chi connectivity index (χ3n) is 2.85. The molecule has 0 spiro atoms. The van der Waals surface area contributed by atoms with Gasteiger partial charge in [0.15, 0.2) is 0 Å². The van der Waals surface area contributed by atoms with Gasteiger partial charge in [-0.25, -0.2) is 0 Å². The maximum absolute atomic E-state index is 11.8. The SMILES string of the molecule is O=C(NCCNC(=O)C1CSCN1)c1ccc(Br)cc1. The number of benzene rings is 1. The molecule has 0 aliphatic carbocycles. The first-order valence-electron chi connectivity index (χ1n) is 6.29. The summed E-state index contributed by atoms with van der Waals surface area (Å²) in [7, 11) is 0. The fraction of sp³-hybridized carbons (Fsp3) is 0.385. The largest absolute Gasteiger partial charge is 0.353 e. The Kier molecular flexibility index (Phi) is 5.87. The number of hydrogen-bond donors (Lipinski definition) is 3. The Bertz CT molecular complexity index is 475. The number of rotatable bonds is 5. The van der Waals surface area contributed by atoms with E-state index >= 15 is 0 Å². The molecule has 20 heavy (non-hydrogen) atoms.